The van der Waals surface area contributed by atoms with E-state index in [0.717, 1.165) is 12.1 Å². The van der Waals surface area contributed by atoms with Crippen molar-refractivity contribution < 1.29 is 35.3 Å². The van der Waals surface area contributed by atoms with Crippen LogP contribution in [0.4, 0.5) is 18.9 Å². The summed E-state index contributed by atoms with van der Waals surface area (Å²) in [7, 11) is -4.14. The molecule has 0 aliphatic carbocycles. The second-order valence-electron chi connectivity index (χ2n) is 5.43. The Labute approximate surface area is 150 Å². The summed E-state index contributed by atoms with van der Waals surface area (Å²) < 4.78 is 73.8. The molecular weight excluding hydrogens is 389 g/mol. The summed E-state index contributed by atoms with van der Waals surface area (Å²) in [6.07, 6.45) is -4.72. The van der Waals surface area contributed by atoms with Crippen LogP contribution in [0.25, 0.3) is 11.5 Å². The van der Waals surface area contributed by atoms with E-state index in [1.807, 2.05) is 0 Å². The van der Waals surface area contributed by atoms with E-state index in [4.69, 9.17) is 4.42 Å². The zero-order chi connectivity index (χ0) is 19.8. The standard InChI is InChI=1S/C16H11F3N2O5S/c1-9(22)10-2-4-11(5-3-10)21-27(23,24)15-7-6-13(25-15)12-8-14(26-20-12)16(17,18)19/h2-8,21H,1H3. The molecule has 2 aromatic heterocycles. The zero-order valence-electron chi connectivity index (χ0n) is 13.6. The molecule has 0 radical (unpaired) electrons. The molecule has 0 fully saturated rings. The minimum absolute atomic E-state index is 0.175. The lowest BCUT2D eigenvalue weighted by atomic mass is 10.1. The Morgan fingerprint density at radius 2 is 1.78 bits per heavy atom. The van der Waals surface area contributed by atoms with Gasteiger partial charge in [0.15, 0.2) is 11.5 Å². The van der Waals surface area contributed by atoms with Gasteiger partial charge in [-0.25, -0.2) is 0 Å². The maximum atomic E-state index is 12.5. The average molecular weight is 400 g/mol. The molecular formula is C16H11F3N2O5S. The van der Waals surface area contributed by atoms with Crippen LogP contribution in [0.5, 0.6) is 0 Å². The van der Waals surface area contributed by atoms with Crippen molar-refractivity contribution in [3.63, 3.8) is 0 Å². The van der Waals surface area contributed by atoms with Crippen molar-refractivity contribution in [3.05, 3.63) is 53.8 Å². The van der Waals surface area contributed by atoms with Gasteiger partial charge in [0.05, 0.1) is 0 Å². The molecule has 1 N–H and O–H groups in total. The molecule has 27 heavy (non-hydrogen) atoms. The highest BCUT2D eigenvalue weighted by atomic mass is 32.2. The van der Waals surface area contributed by atoms with Crippen LogP contribution in [0.3, 0.4) is 0 Å². The van der Waals surface area contributed by atoms with Crippen molar-refractivity contribution in [2.75, 3.05) is 4.72 Å². The largest absolute Gasteiger partial charge is 0.452 e. The average Bonchev–Trinajstić information content (AvgIpc) is 3.24. The molecule has 0 spiro atoms. The SMILES string of the molecule is CC(=O)c1ccc(NS(=O)(=O)c2ccc(-c3cc(C(F)(F)F)on3)o2)cc1. The lowest BCUT2D eigenvalue weighted by Crippen LogP contribution is -2.12. The number of sulfonamides is 1. The van der Waals surface area contributed by atoms with Gasteiger partial charge in [-0.05, 0) is 43.3 Å². The van der Waals surface area contributed by atoms with Gasteiger partial charge in [-0.2, -0.15) is 21.6 Å². The summed E-state index contributed by atoms with van der Waals surface area (Å²) in [4.78, 5) is 11.2. The number of alkyl halides is 3. The molecule has 0 saturated heterocycles. The van der Waals surface area contributed by atoms with Crippen LogP contribution in [0.1, 0.15) is 23.0 Å². The number of halogens is 3. The van der Waals surface area contributed by atoms with Gasteiger partial charge in [0.2, 0.25) is 10.9 Å². The number of nitrogens with one attached hydrogen (secondary N) is 1. The topological polar surface area (TPSA) is 102 Å². The first-order valence-electron chi connectivity index (χ1n) is 7.34. The molecule has 0 unspecified atom stereocenters. The van der Waals surface area contributed by atoms with Gasteiger partial charge in [-0.3, -0.25) is 9.52 Å². The van der Waals surface area contributed by atoms with Crippen LogP contribution < -0.4 is 4.72 Å². The number of hydrogen-bond donors (Lipinski definition) is 1. The summed E-state index contributed by atoms with van der Waals surface area (Å²) in [5, 5.41) is 2.70. The van der Waals surface area contributed by atoms with Crippen molar-refractivity contribution in [3.8, 4) is 11.5 Å². The predicted octanol–water partition coefficient (Wildman–Crippen LogP) is 3.96. The Morgan fingerprint density at radius 1 is 1.11 bits per heavy atom. The van der Waals surface area contributed by atoms with Crippen molar-refractivity contribution in [2.24, 2.45) is 0 Å². The zero-order valence-corrected chi connectivity index (χ0v) is 14.4. The molecule has 0 amide bonds. The highest BCUT2D eigenvalue weighted by Gasteiger charge is 2.36. The van der Waals surface area contributed by atoms with Crippen molar-refractivity contribution >= 4 is 21.5 Å². The predicted molar refractivity (Wildman–Crippen MR) is 86.5 cm³/mol. The van der Waals surface area contributed by atoms with E-state index in [0.29, 0.717) is 11.6 Å². The minimum atomic E-state index is -4.72. The molecule has 3 aromatic rings. The molecule has 3 rings (SSSR count). The quantitative estimate of drug-likeness (QED) is 0.651. The first kappa shape index (κ1) is 18.7. The van der Waals surface area contributed by atoms with Gasteiger partial charge < -0.3 is 8.94 Å². The van der Waals surface area contributed by atoms with Crippen LogP contribution in [0.2, 0.25) is 0 Å². The lowest BCUT2D eigenvalue weighted by molar-refractivity contribution is -0.155. The van der Waals surface area contributed by atoms with E-state index < -0.39 is 27.1 Å². The number of benzene rings is 1. The molecule has 7 nitrogen and oxygen atoms in total. The Bertz CT molecular complexity index is 1080. The molecule has 0 saturated carbocycles. The van der Waals surface area contributed by atoms with E-state index in [-0.39, 0.29) is 22.9 Å². The highest BCUT2D eigenvalue weighted by Crippen LogP contribution is 2.33. The number of nitrogens with zero attached hydrogens (tertiary/aromatic N) is 1. The normalized spacial score (nSPS) is 12.1. The Hall–Kier alpha value is -3.08. The number of carbonyl (C=O) groups is 1. The first-order valence-corrected chi connectivity index (χ1v) is 8.82. The van der Waals surface area contributed by atoms with Crippen molar-refractivity contribution in [1.29, 1.82) is 0 Å². The number of aromatic nitrogens is 1. The Kier molecular flexibility index (Phi) is 4.56. The van der Waals surface area contributed by atoms with Gasteiger partial charge in [0, 0.05) is 17.3 Å². The molecule has 0 bridgehead atoms. The molecule has 0 atom stereocenters. The maximum Gasteiger partial charge on any atom is 0.452 e. The van der Waals surface area contributed by atoms with Gasteiger partial charge in [-0.15, -0.1) is 0 Å². The third-order valence-electron chi connectivity index (χ3n) is 3.43. The maximum absolute atomic E-state index is 12.5. The van der Waals surface area contributed by atoms with Crippen LogP contribution in [0.15, 0.2) is 56.5 Å². The van der Waals surface area contributed by atoms with Crippen LogP contribution >= 0.6 is 0 Å². The van der Waals surface area contributed by atoms with E-state index in [1.54, 1.807) is 0 Å². The third kappa shape index (κ3) is 4.03. The number of carbonyl (C=O) groups excluding carboxylic acids is 1. The first-order chi connectivity index (χ1) is 12.6. The number of ketones is 1. The second-order valence-corrected chi connectivity index (χ2v) is 7.05. The van der Waals surface area contributed by atoms with Crippen LogP contribution in [-0.4, -0.2) is 19.4 Å². The fourth-order valence-corrected chi connectivity index (χ4v) is 3.10. The van der Waals surface area contributed by atoms with Gasteiger partial charge in [0.25, 0.3) is 10.0 Å². The fourth-order valence-electron chi connectivity index (χ4n) is 2.11. The number of Topliss-reactive ketones (excluding diaryl/α,β-unsaturated/α-hetero) is 1. The highest BCUT2D eigenvalue weighted by molar-refractivity contribution is 7.92. The molecule has 11 heteroatoms. The second kappa shape index (κ2) is 6.58. The van der Waals surface area contributed by atoms with E-state index >= 15 is 0 Å². The number of rotatable bonds is 5. The van der Waals surface area contributed by atoms with Crippen LogP contribution in [0, 0.1) is 0 Å². The van der Waals surface area contributed by atoms with Crippen molar-refractivity contribution in [2.45, 2.75) is 18.2 Å². The van der Waals surface area contributed by atoms with E-state index in [2.05, 4.69) is 14.4 Å². The van der Waals surface area contributed by atoms with Gasteiger partial charge in [0.1, 0.15) is 5.69 Å². The Morgan fingerprint density at radius 3 is 2.33 bits per heavy atom. The lowest BCUT2D eigenvalue weighted by Gasteiger charge is -2.06. The molecule has 0 aliphatic rings. The van der Waals surface area contributed by atoms with Gasteiger partial charge >= 0.3 is 6.18 Å². The van der Waals surface area contributed by atoms with Gasteiger partial charge in [-0.1, -0.05) is 5.16 Å². The third-order valence-corrected chi connectivity index (χ3v) is 4.69. The monoisotopic (exact) mass is 400 g/mol. The number of furan rings is 1. The minimum Gasteiger partial charge on any atom is -0.441 e. The summed E-state index contributed by atoms with van der Waals surface area (Å²) in [5.74, 6) is -1.71. The summed E-state index contributed by atoms with van der Waals surface area (Å²) in [5.41, 5.74) is 0.290. The van der Waals surface area contributed by atoms with Crippen LogP contribution in [-0.2, 0) is 16.2 Å². The smallest absolute Gasteiger partial charge is 0.441 e. The Balaban J connectivity index is 1.82. The number of anilines is 1. The number of hydrogen-bond acceptors (Lipinski definition) is 6. The van der Waals surface area contributed by atoms with Crippen molar-refractivity contribution in [1.82, 2.24) is 5.16 Å². The fraction of sp³-hybridized carbons (Fsp3) is 0.125. The summed E-state index contributed by atoms with van der Waals surface area (Å²) >= 11 is 0. The summed E-state index contributed by atoms with van der Waals surface area (Å²) in [6, 6.07) is 8.51. The molecule has 1 aromatic carbocycles. The molecule has 2 heterocycles. The summed E-state index contributed by atoms with van der Waals surface area (Å²) in [6.45, 7) is 1.37. The molecule has 0 aliphatic heterocycles. The van der Waals surface area contributed by atoms with E-state index in [1.165, 1.54) is 31.2 Å². The molecule has 142 valence electrons. The van der Waals surface area contributed by atoms with E-state index in [9.17, 15) is 26.4 Å².